The van der Waals surface area contributed by atoms with E-state index in [1.165, 1.54) is 31.1 Å². The third-order valence-corrected chi connectivity index (χ3v) is 8.66. The summed E-state index contributed by atoms with van der Waals surface area (Å²) in [4.78, 5) is 29.4. The Morgan fingerprint density at radius 3 is 2.15 bits per heavy atom. The Hall–Kier alpha value is -3.76. The summed E-state index contributed by atoms with van der Waals surface area (Å²) in [5, 5.41) is 3.01. The highest BCUT2D eigenvalue weighted by Gasteiger charge is 2.35. The third-order valence-electron chi connectivity index (χ3n) is 6.84. The van der Waals surface area contributed by atoms with Crippen LogP contribution in [0.15, 0.2) is 78.9 Å². The molecule has 1 N–H and O–H groups in total. The first-order chi connectivity index (χ1) is 19.4. The Labute approximate surface area is 243 Å². The average Bonchev–Trinajstić information content (AvgIpc) is 2.94. The minimum absolute atomic E-state index is 0.0885. The van der Waals surface area contributed by atoms with Gasteiger partial charge in [0.25, 0.3) is 0 Å². The number of amides is 2. The van der Waals surface area contributed by atoms with Crippen molar-refractivity contribution in [3.8, 4) is 0 Å². The number of nitrogens with one attached hydrogen (secondary N) is 1. The molecule has 0 saturated carbocycles. The molecule has 220 valence electrons. The topological polar surface area (TPSA) is 90.0 Å². The average molecular weight is 583 g/mol. The van der Waals surface area contributed by atoms with Crippen LogP contribution in [0.4, 0.5) is 10.1 Å². The van der Waals surface area contributed by atoms with Crippen molar-refractivity contribution in [2.45, 2.75) is 52.2 Å². The van der Waals surface area contributed by atoms with Gasteiger partial charge in [-0.1, -0.05) is 67.1 Å². The predicted molar refractivity (Wildman–Crippen MR) is 160 cm³/mol. The van der Waals surface area contributed by atoms with Gasteiger partial charge in [0.15, 0.2) is 0 Å². The van der Waals surface area contributed by atoms with E-state index in [1.807, 2.05) is 75.4 Å². The van der Waals surface area contributed by atoms with Crippen LogP contribution >= 0.6 is 0 Å². The molecule has 0 aliphatic heterocycles. The van der Waals surface area contributed by atoms with Crippen molar-refractivity contribution in [3.05, 3.63) is 101 Å². The maximum Gasteiger partial charge on any atom is 0.304 e. The molecule has 3 aromatic rings. The van der Waals surface area contributed by atoms with E-state index in [1.54, 1.807) is 0 Å². The summed E-state index contributed by atoms with van der Waals surface area (Å²) >= 11 is 0. The van der Waals surface area contributed by atoms with E-state index in [4.69, 9.17) is 0 Å². The van der Waals surface area contributed by atoms with E-state index in [0.29, 0.717) is 6.42 Å². The first kappa shape index (κ1) is 31.8. The predicted octanol–water partition coefficient (Wildman–Crippen LogP) is 4.30. The molecule has 41 heavy (non-hydrogen) atoms. The van der Waals surface area contributed by atoms with Crippen molar-refractivity contribution < 1.29 is 22.4 Å². The molecule has 0 bridgehead atoms. The van der Waals surface area contributed by atoms with Gasteiger partial charge in [-0.05, 0) is 55.7 Å². The van der Waals surface area contributed by atoms with E-state index in [0.717, 1.165) is 37.4 Å². The lowest BCUT2D eigenvalue weighted by atomic mass is 10.0. The first-order valence-corrected chi connectivity index (χ1v) is 15.0. The molecule has 0 aliphatic rings. The van der Waals surface area contributed by atoms with Gasteiger partial charge in [0, 0.05) is 33.1 Å². The number of carbonyl (C=O) groups excluding carboxylic acids is 2. The van der Waals surface area contributed by atoms with Gasteiger partial charge in [-0.15, -0.1) is 0 Å². The number of rotatable bonds is 13. The molecule has 0 radical (unpaired) electrons. The van der Waals surface area contributed by atoms with Gasteiger partial charge in [0.2, 0.25) is 11.8 Å². The summed E-state index contributed by atoms with van der Waals surface area (Å²) in [6.45, 7) is 5.29. The molecule has 0 spiro atoms. The van der Waals surface area contributed by atoms with E-state index >= 15 is 0 Å². The van der Waals surface area contributed by atoms with Crippen LogP contribution in [0.2, 0.25) is 0 Å². The van der Waals surface area contributed by atoms with Gasteiger partial charge >= 0.3 is 10.2 Å². The van der Waals surface area contributed by atoms with Crippen molar-refractivity contribution in [2.24, 2.45) is 0 Å². The van der Waals surface area contributed by atoms with Gasteiger partial charge in [0.05, 0.1) is 5.69 Å². The molecule has 0 heterocycles. The smallest absolute Gasteiger partial charge is 0.304 e. The molecule has 0 aliphatic carbocycles. The standard InChI is InChI=1S/C31H39FN4O4S/c1-6-24(3)33-31(38)29(20-25-12-8-7-9-13-25)35(21-26-14-10-11-23(2)19-26)30(37)22-36(41(39,40)34(4)5)28-17-15-27(32)16-18-28/h7-19,24,29H,6,20-22H2,1-5H3,(H,33,38)/t24-,29-/m0/s1. The monoisotopic (exact) mass is 582 g/mol. The third kappa shape index (κ3) is 8.61. The fraction of sp³-hybridized carbons (Fsp3) is 0.355. The highest BCUT2D eigenvalue weighted by molar-refractivity contribution is 7.90. The SMILES string of the molecule is CC[C@H](C)NC(=O)[C@H](Cc1ccccc1)N(Cc1cccc(C)c1)C(=O)CN(c1ccc(F)cc1)S(=O)(=O)N(C)C. The van der Waals surface area contributed by atoms with Crippen LogP contribution in [0.1, 0.15) is 37.0 Å². The molecule has 3 aromatic carbocycles. The molecular weight excluding hydrogens is 543 g/mol. The van der Waals surface area contributed by atoms with Gasteiger partial charge in [-0.3, -0.25) is 9.59 Å². The zero-order valence-corrected chi connectivity index (χ0v) is 25.1. The van der Waals surface area contributed by atoms with Crippen LogP contribution in [0, 0.1) is 12.7 Å². The highest BCUT2D eigenvalue weighted by Crippen LogP contribution is 2.22. The van der Waals surface area contributed by atoms with Gasteiger partial charge in [-0.2, -0.15) is 12.7 Å². The summed E-state index contributed by atoms with van der Waals surface area (Å²) in [5.41, 5.74) is 2.78. The maximum atomic E-state index is 14.2. The normalized spacial score (nSPS) is 13.0. The van der Waals surface area contributed by atoms with Crippen LogP contribution in [0.25, 0.3) is 0 Å². The summed E-state index contributed by atoms with van der Waals surface area (Å²) < 4.78 is 42.4. The zero-order chi connectivity index (χ0) is 30.2. The van der Waals surface area contributed by atoms with Crippen LogP contribution in [0.5, 0.6) is 0 Å². The van der Waals surface area contributed by atoms with Crippen LogP contribution in [0.3, 0.4) is 0 Å². The number of hydrogen-bond donors (Lipinski definition) is 1. The van der Waals surface area contributed by atoms with Crippen molar-refractivity contribution in [3.63, 3.8) is 0 Å². The van der Waals surface area contributed by atoms with Gasteiger partial charge in [0.1, 0.15) is 18.4 Å². The Morgan fingerprint density at radius 2 is 1.56 bits per heavy atom. The quantitative estimate of drug-likeness (QED) is 0.326. The van der Waals surface area contributed by atoms with Crippen LogP contribution < -0.4 is 9.62 Å². The molecule has 10 heteroatoms. The number of carbonyl (C=O) groups is 2. The Balaban J connectivity index is 2.09. The van der Waals surface area contributed by atoms with E-state index in [9.17, 15) is 22.4 Å². The Bertz CT molecular complexity index is 1420. The maximum absolute atomic E-state index is 14.2. The number of hydrogen-bond acceptors (Lipinski definition) is 4. The number of halogens is 1. The fourth-order valence-corrected chi connectivity index (χ4v) is 5.38. The summed E-state index contributed by atoms with van der Waals surface area (Å²) in [5.74, 6) is -1.43. The second kappa shape index (κ2) is 14.2. The Morgan fingerprint density at radius 1 is 0.927 bits per heavy atom. The lowest BCUT2D eigenvalue weighted by Crippen LogP contribution is -2.55. The van der Waals surface area contributed by atoms with Crippen molar-refractivity contribution in [1.82, 2.24) is 14.5 Å². The lowest BCUT2D eigenvalue weighted by Gasteiger charge is -2.35. The number of nitrogens with zero attached hydrogens (tertiary/aromatic N) is 3. The second-order valence-corrected chi connectivity index (χ2v) is 12.4. The molecule has 8 nitrogen and oxygen atoms in total. The highest BCUT2D eigenvalue weighted by atomic mass is 32.2. The minimum Gasteiger partial charge on any atom is -0.352 e. The fourth-order valence-electron chi connectivity index (χ4n) is 4.33. The molecule has 0 unspecified atom stereocenters. The van der Waals surface area contributed by atoms with Crippen molar-refractivity contribution in [2.75, 3.05) is 24.9 Å². The Kier molecular flexibility index (Phi) is 11.0. The van der Waals surface area contributed by atoms with E-state index in [-0.39, 0.29) is 30.6 Å². The molecular formula is C31H39FN4O4S. The van der Waals surface area contributed by atoms with Crippen LogP contribution in [-0.4, -0.2) is 62.2 Å². The zero-order valence-electron chi connectivity index (χ0n) is 24.2. The van der Waals surface area contributed by atoms with Crippen molar-refractivity contribution in [1.29, 1.82) is 0 Å². The van der Waals surface area contributed by atoms with Gasteiger partial charge < -0.3 is 10.2 Å². The molecule has 0 fully saturated rings. The number of aryl methyl sites for hydroxylation is 1. The molecule has 0 aromatic heterocycles. The minimum atomic E-state index is -4.14. The number of anilines is 1. The molecule has 2 amide bonds. The molecule has 0 saturated heterocycles. The van der Waals surface area contributed by atoms with Crippen LogP contribution in [-0.2, 0) is 32.8 Å². The largest absolute Gasteiger partial charge is 0.352 e. The summed E-state index contributed by atoms with van der Waals surface area (Å²) in [6, 6.07) is 20.9. The molecule has 2 atom stereocenters. The van der Waals surface area contributed by atoms with Crippen molar-refractivity contribution >= 4 is 27.7 Å². The van der Waals surface area contributed by atoms with Gasteiger partial charge in [-0.25, -0.2) is 8.70 Å². The first-order valence-electron chi connectivity index (χ1n) is 13.6. The summed E-state index contributed by atoms with van der Waals surface area (Å²) in [7, 11) is -1.43. The summed E-state index contributed by atoms with van der Waals surface area (Å²) in [6.07, 6.45) is 0.937. The van der Waals surface area contributed by atoms with E-state index < -0.39 is 34.5 Å². The second-order valence-electron chi connectivity index (χ2n) is 10.3. The lowest BCUT2D eigenvalue weighted by molar-refractivity contribution is -0.140. The molecule has 3 rings (SSSR count). The van der Waals surface area contributed by atoms with E-state index in [2.05, 4.69) is 5.32 Å². The number of benzene rings is 3.